The average molecular weight is 202 g/mol. The lowest BCUT2D eigenvalue weighted by Crippen LogP contribution is -2.05. The fraction of sp³-hybridized carbons (Fsp3) is 0.250. The van der Waals surface area contributed by atoms with E-state index >= 15 is 0 Å². The normalized spacial score (nSPS) is 8.87. The first kappa shape index (κ1) is 11.2. The second kappa shape index (κ2) is 5.80. The van der Waals surface area contributed by atoms with Gasteiger partial charge in [0.2, 0.25) is 0 Å². The van der Waals surface area contributed by atoms with Crippen LogP contribution < -0.4 is 5.32 Å². The van der Waals surface area contributed by atoms with E-state index in [4.69, 9.17) is 5.26 Å². The van der Waals surface area contributed by atoms with Crippen LogP contribution >= 0.6 is 0 Å². The Bertz CT molecular complexity index is 435. The summed E-state index contributed by atoms with van der Waals surface area (Å²) >= 11 is 0. The Balaban J connectivity index is 2.84. The molecule has 1 N–H and O–H groups in total. The summed E-state index contributed by atoms with van der Waals surface area (Å²) in [5.74, 6) is 5.35. The lowest BCUT2D eigenvalue weighted by Gasteiger charge is -1.94. The van der Waals surface area contributed by atoms with E-state index in [1.807, 2.05) is 13.1 Å². The minimum absolute atomic E-state index is 0.284. The van der Waals surface area contributed by atoms with Crippen LogP contribution in [-0.4, -0.2) is 13.6 Å². The van der Waals surface area contributed by atoms with Crippen molar-refractivity contribution in [2.75, 3.05) is 13.6 Å². The fourth-order valence-electron chi connectivity index (χ4n) is 1.06. The van der Waals surface area contributed by atoms with Gasteiger partial charge in [-0.1, -0.05) is 11.8 Å². The van der Waals surface area contributed by atoms with Crippen LogP contribution in [0.1, 0.15) is 17.5 Å². The first-order valence-corrected chi connectivity index (χ1v) is 4.61. The molecule has 0 amide bonds. The van der Waals surface area contributed by atoms with Crippen LogP contribution in [0, 0.1) is 29.0 Å². The second-order valence-electron chi connectivity index (χ2n) is 2.96. The van der Waals surface area contributed by atoms with Gasteiger partial charge in [0.25, 0.3) is 0 Å². The van der Waals surface area contributed by atoms with Gasteiger partial charge in [0, 0.05) is 18.5 Å². The molecule has 0 aliphatic heterocycles. The Kier molecular flexibility index (Phi) is 4.34. The van der Waals surface area contributed by atoms with Crippen LogP contribution in [0.4, 0.5) is 4.39 Å². The van der Waals surface area contributed by atoms with Gasteiger partial charge in [0.1, 0.15) is 11.9 Å². The van der Waals surface area contributed by atoms with Gasteiger partial charge in [0.05, 0.1) is 5.56 Å². The van der Waals surface area contributed by atoms with E-state index in [2.05, 4.69) is 17.2 Å². The molecule has 3 heteroatoms. The molecule has 0 aliphatic rings. The first-order valence-electron chi connectivity index (χ1n) is 4.61. The lowest BCUT2D eigenvalue weighted by atomic mass is 10.1. The summed E-state index contributed by atoms with van der Waals surface area (Å²) in [7, 11) is 1.85. The third kappa shape index (κ3) is 3.42. The molecule has 1 aromatic carbocycles. The molecule has 76 valence electrons. The van der Waals surface area contributed by atoms with Gasteiger partial charge in [-0.2, -0.15) is 5.26 Å². The quantitative estimate of drug-likeness (QED) is 0.584. The van der Waals surface area contributed by atoms with Crippen LogP contribution in [0.15, 0.2) is 18.2 Å². The van der Waals surface area contributed by atoms with Gasteiger partial charge in [-0.25, -0.2) is 4.39 Å². The summed E-state index contributed by atoms with van der Waals surface area (Å²) < 4.78 is 12.8. The van der Waals surface area contributed by atoms with E-state index in [1.54, 1.807) is 0 Å². The maximum atomic E-state index is 12.8. The predicted molar refractivity (Wildman–Crippen MR) is 56.5 cm³/mol. The van der Waals surface area contributed by atoms with Crippen molar-refractivity contribution in [1.82, 2.24) is 5.32 Å². The smallest absolute Gasteiger partial charge is 0.124 e. The minimum atomic E-state index is -0.410. The van der Waals surface area contributed by atoms with Gasteiger partial charge < -0.3 is 5.32 Å². The van der Waals surface area contributed by atoms with Crippen LogP contribution in [0.2, 0.25) is 0 Å². The van der Waals surface area contributed by atoms with Crippen molar-refractivity contribution >= 4 is 0 Å². The van der Waals surface area contributed by atoms with E-state index in [9.17, 15) is 4.39 Å². The molecular formula is C12H11FN2. The van der Waals surface area contributed by atoms with Gasteiger partial charge >= 0.3 is 0 Å². The van der Waals surface area contributed by atoms with Gasteiger partial charge in [0.15, 0.2) is 0 Å². The van der Waals surface area contributed by atoms with Crippen LogP contribution in [0.25, 0.3) is 0 Å². The van der Waals surface area contributed by atoms with Crippen molar-refractivity contribution in [2.45, 2.75) is 6.42 Å². The fourth-order valence-corrected chi connectivity index (χ4v) is 1.06. The zero-order valence-electron chi connectivity index (χ0n) is 8.47. The largest absolute Gasteiger partial charge is 0.319 e. The van der Waals surface area contributed by atoms with Crippen molar-refractivity contribution in [3.05, 3.63) is 35.1 Å². The summed E-state index contributed by atoms with van der Waals surface area (Å²) in [4.78, 5) is 0. The number of nitrogens with zero attached hydrogens (tertiary/aromatic N) is 1. The molecule has 0 unspecified atom stereocenters. The number of hydrogen-bond donors (Lipinski definition) is 1. The van der Waals surface area contributed by atoms with Gasteiger partial charge in [-0.15, -0.1) is 0 Å². The van der Waals surface area contributed by atoms with Crippen molar-refractivity contribution < 1.29 is 4.39 Å². The highest BCUT2D eigenvalue weighted by atomic mass is 19.1. The summed E-state index contributed by atoms with van der Waals surface area (Å²) in [6.07, 6.45) is 0.707. The molecular weight excluding hydrogens is 191 g/mol. The van der Waals surface area contributed by atoms with Crippen LogP contribution in [0.3, 0.4) is 0 Å². The first-order chi connectivity index (χ1) is 7.27. The van der Waals surface area contributed by atoms with Crippen molar-refractivity contribution in [3.8, 4) is 17.9 Å². The predicted octanol–water partition coefficient (Wildman–Crippen LogP) is 1.66. The molecule has 0 saturated heterocycles. The van der Waals surface area contributed by atoms with E-state index in [0.717, 1.165) is 6.54 Å². The molecule has 0 heterocycles. The highest BCUT2D eigenvalue weighted by Crippen LogP contribution is 2.08. The minimum Gasteiger partial charge on any atom is -0.319 e. The number of benzene rings is 1. The molecule has 1 aromatic rings. The van der Waals surface area contributed by atoms with Crippen LogP contribution in [0.5, 0.6) is 0 Å². The molecule has 0 fully saturated rings. The third-order valence-corrected chi connectivity index (χ3v) is 1.83. The molecule has 0 aromatic heterocycles. The summed E-state index contributed by atoms with van der Waals surface area (Å²) in [6.45, 7) is 0.802. The molecule has 15 heavy (non-hydrogen) atoms. The van der Waals surface area contributed by atoms with Crippen molar-refractivity contribution in [3.63, 3.8) is 0 Å². The van der Waals surface area contributed by atoms with Gasteiger partial charge in [-0.05, 0) is 25.2 Å². The zero-order chi connectivity index (χ0) is 11.1. The molecule has 0 bridgehead atoms. The number of rotatable bonds is 2. The SMILES string of the molecule is CNCCC#Cc1ccc(F)cc1C#N. The number of hydrogen-bond acceptors (Lipinski definition) is 2. The molecule has 0 atom stereocenters. The second-order valence-corrected chi connectivity index (χ2v) is 2.96. The lowest BCUT2D eigenvalue weighted by molar-refractivity contribution is 0.627. The van der Waals surface area contributed by atoms with E-state index < -0.39 is 5.82 Å². The number of nitrogens with one attached hydrogen (secondary N) is 1. The molecule has 2 nitrogen and oxygen atoms in total. The Morgan fingerprint density at radius 1 is 1.40 bits per heavy atom. The Morgan fingerprint density at radius 3 is 2.87 bits per heavy atom. The molecule has 0 radical (unpaired) electrons. The third-order valence-electron chi connectivity index (χ3n) is 1.83. The average Bonchev–Trinajstić information content (AvgIpc) is 2.26. The Labute approximate surface area is 88.7 Å². The maximum absolute atomic E-state index is 12.8. The van der Waals surface area contributed by atoms with Gasteiger partial charge in [-0.3, -0.25) is 0 Å². The Morgan fingerprint density at radius 2 is 2.20 bits per heavy atom. The monoisotopic (exact) mass is 202 g/mol. The highest BCUT2D eigenvalue weighted by Gasteiger charge is 1.99. The van der Waals surface area contributed by atoms with E-state index in [0.29, 0.717) is 12.0 Å². The van der Waals surface area contributed by atoms with E-state index in [-0.39, 0.29) is 5.56 Å². The van der Waals surface area contributed by atoms with Crippen molar-refractivity contribution in [2.24, 2.45) is 0 Å². The molecule has 0 saturated carbocycles. The molecule has 0 aliphatic carbocycles. The molecule has 0 spiro atoms. The standard InChI is InChI=1S/C12H11FN2/c1-15-7-3-2-4-10-5-6-12(13)8-11(10)9-14/h5-6,8,15H,3,7H2,1H3. The van der Waals surface area contributed by atoms with Crippen LogP contribution in [-0.2, 0) is 0 Å². The Hall–Kier alpha value is -1.84. The maximum Gasteiger partial charge on any atom is 0.124 e. The molecule has 1 rings (SSSR count). The van der Waals surface area contributed by atoms with E-state index in [1.165, 1.54) is 18.2 Å². The summed E-state index contributed by atoms with van der Waals surface area (Å²) in [6, 6.07) is 5.95. The van der Waals surface area contributed by atoms with Crippen molar-refractivity contribution in [1.29, 1.82) is 5.26 Å². The summed E-state index contributed by atoms with van der Waals surface area (Å²) in [5.41, 5.74) is 0.863. The number of halogens is 1. The zero-order valence-corrected chi connectivity index (χ0v) is 8.47. The topological polar surface area (TPSA) is 35.8 Å². The number of nitriles is 1. The summed E-state index contributed by atoms with van der Waals surface area (Å²) in [5, 5.41) is 11.7. The highest BCUT2D eigenvalue weighted by molar-refractivity contribution is 5.47.